The fourth-order valence-corrected chi connectivity index (χ4v) is 3.39. The number of rotatable bonds is 7. The highest BCUT2D eigenvalue weighted by Crippen LogP contribution is 2.05. The SMILES string of the molecule is CCCN(CCBr)S(=O)(=O)CCC. The lowest BCUT2D eigenvalue weighted by Crippen LogP contribution is -2.35. The van der Waals surface area contributed by atoms with Gasteiger partial charge in [-0.05, 0) is 12.8 Å². The monoisotopic (exact) mass is 271 g/mol. The van der Waals surface area contributed by atoms with Crippen LogP contribution < -0.4 is 0 Å². The standard InChI is InChI=1S/C8H18BrNO2S/c1-3-6-10(7-5-9)13(11,12)8-4-2/h3-8H2,1-2H3. The highest BCUT2D eigenvalue weighted by atomic mass is 79.9. The first-order valence-electron chi connectivity index (χ1n) is 4.62. The molecule has 0 saturated heterocycles. The zero-order valence-corrected chi connectivity index (χ0v) is 10.7. The Hall–Kier alpha value is 0.390. The fraction of sp³-hybridized carbons (Fsp3) is 1.00. The van der Waals surface area contributed by atoms with E-state index >= 15 is 0 Å². The molecule has 0 aliphatic carbocycles. The van der Waals surface area contributed by atoms with Crippen molar-refractivity contribution in [2.45, 2.75) is 26.7 Å². The minimum Gasteiger partial charge on any atom is -0.212 e. The molecule has 0 bridgehead atoms. The van der Waals surface area contributed by atoms with Crippen molar-refractivity contribution in [3.05, 3.63) is 0 Å². The van der Waals surface area contributed by atoms with Crippen LogP contribution in [0.25, 0.3) is 0 Å². The second-order valence-electron chi connectivity index (χ2n) is 2.90. The van der Waals surface area contributed by atoms with E-state index in [0.29, 0.717) is 24.8 Å². The van der Waals surface area contributed by atoms with Gasteiger partial charge in [0.1, 0.15) is 0 Å². The summed E-state index contributed by atoms with van der Waals surface area (Å²) in [7, 11) is -2.99. The van der Waals surface area contributed by atoms with Gasteiger partial charge in [0.05, 0.1) is 5.75 Å². The lowest BCUT2D eigenvalue weighted by Gasteiger charge is -2.19. The Bertz CT molecular complexity index is 210. The van der Waals surface area contributed by atoms with Gasteiger partial charge in [0.2, 0.25) is 10.0 Å². The van der Waals surface area contributed by atoms with Crippen molar-refractivity contribution in [1.82, 2.24) is 4.31 Å². The minimum absolute atomic E-state index is 0.264. The summed E-state index contributed by atoms with van der Waals surface area (Å²) in [5, 5.41) is 0.704. The van der Waals surface area contributed by atoms with Crippen LogP contribution in [0.15, 0.2) is 0 Å². The Kier molecular flexibility index (Phi) is 6.99. The molecule has 0 amide bonds. The summed E-state index contributed by atoms with van der Waals surface area (Å²) in [6, 6.07) is 0. The maximum atomic E-state index is 11.6. The van der Waals surface area contributed by atoms with Crippen molar-refractivity contribution in [3.63, 3.8) is 0 Å². The van der Waals surface area contributed by atoms with E-state index in [-0.39, 0.29) is 5.75 Å². The normalized spacial score (nSPS) is 12.3. The van der Waals surface area contributed by atoms with Crippen molar-refractivity contribution in [3.8, 4) is 0 Å². The Morgan fingerprint density at radius 1 is 1.15 bits per heavy atom. The van der Waals surface area contributed by atoms with Crippen LogP contribution in [0, 0.1) is 0 Å². The van der Waals surface area contributed by atoms with Crippen molar-refractivity contribution >= 4 is 26.0 Å². The molecule has 0 aromatic rings. The average molecular weight is 272 g/mol. The largest absolute Gasteiger partial charge is 0.214 e. The second-order valence-corrected chi connectivity index (χ2v) is 5.79. The molecule has 5 heteroatoms. The molecule has 0 spiro atoms. The molecule has 0 fully saturated rings. The molecule has 0 radical (unpaired) electrons. The van der Waals surface area contributed by atoms with Crippen LogP contribution in [0.3, 0.4) is 0 Å². The molecular formula is C8H18BrNO2S. The molecule has 0 aromatic carbocycles. The van der Waals surface area contributed by atoms with Gasteiger partial charge in [0.15, 0.2) is 0 Å². The second kappa shape index (κ2) is 6.79. The third-order valence-electron chi connectivity index (χ3n) is 1.66. The van der Waals surface area contributed by atoms with E-state index in [1.54, 1.807) is 4.31 Å². The zero-order chi connectivity index (χ0) is 10.3. The summed E-state index contributed by atoms with van der Waals surface area (Å²) in [4.78, 5) is 0. The Morgan fingerprint density at radius 2 is 1.77 bits per heavy atom. The topological polar surface area (TPSA) is 37.4 Å². The van der Waals surface area contributed by atoms with E-state index in [9.17, 15) is 8.42 Å². The third kappa shape index (κ3) is 4.98. The molecule has 0 saturated carbocycles. The summed E-state index contributed by atoms with van der Waals surface area (Å²) in [5.41, 5.74) is 0. The number of nitrogens with zero attached hydrogens (tertiary/aromatic N) is 1. The molecule has 80 valence electrons. The van der Waals surface area contributed by atoms with E-state index in [4.69, 9.17) is 0 Å². The summed E-state index contributed by atoms with van der Waals surface area (Å²) in [5.74, 6) is 0.264. The molecule has 0 aliphatic heterocycles. The Labute approximate surface area is 89.7 Å². The molecule has 0 rings (SSSR count). The molecule has 0 N–H and O–H groups in total. The lowest BCUT2D eigenvalue weighted by molar-refractivity contribution is 0.430. The zero-order valence-electron chi connectivity index (χ0n) is 8.29. The first-order chi connectivity index (χ1) is 6.08. The molecule has 0 heterocycles. The van der Waals surface area contributed by atoms with Gasteiger partial charge < -0.3 is 0 Å². The summed E-state index contributed by atoms with van der Waals surface area (Å²) in [6.07, 6.45) is 1.56. The van der Waals surface area contributed by atoms with Crippen molar-refractivity contribution in [2.24, 2.45) is 0 Å². The number of sulfonamides is 1. The van der Waals surface area contributed by atoms with Crippen LogP contribution in [0.2, 0.25) is 0 Å². The molecule has 13 heavy (non-hydrogen) atoms. The average Bonchev–Trinajstić information content (AvgIpc) is 2.04. The minimum atomic E-state index is -2.99. The molecule has 0 aromatic heterocycles. The fourth-order valence-electron chi connectivity index (χ4n) is 1.12. The van der Waals surface area contributed by atoms with Crippen molar-refractivity contribution in [1.29, 1.82) is 0 Å². The Balaban J connectivity index is 4.33. The van der Waals surface area contributed by atoms with Crippen molar-refractivity contribution in [2.75, 3.05) is 24.2 Å². The summed E-state index contributed by atoms with van der Waals surface area (Å²) < 4.78 is 24.8. The van der Waals surface area contributed by atoms with Crippen LogP contribution in [0.1, 0.15) is 26.7 Å². The van der Waals surface area contributed by atoms with E-state index in [0.717, 1.165) is 6.42 Å². The molecule has 0 unspecified atom stereocenters. The molecule has 0 aliphatic rings. The van der Waals surface area contributed by atoms with Gasteiger partial charge in [-0.2, -0.15) is 0 Å². The van der Waals surface area contributed by atoms with E-state index in [1.165, 1.54) is 0 Å². The maximum absolute atomic E-state index is 11.6. The van der Waals surface area contributed by atoms with Gasteiger partial charge in [-0.3, -0.25) is 0 Å². The van der Waals surface area contributed by atoms with E-state index in [1.807, 2.05) is 13.8 Å². The van der Waals surface area contributed by atoms with Crippen LogP contribution >= 0.6 is 15.9 Å². The summed E-state index contributed by atoms with van der Waals surface area (Å²) in [6.45, 7) is 5.09. The van der Waals surface area contributed by atoms with Gasteiger partial charge in [-0.1, -0.05) is 29.8 Å². The smallest absolute Gasteiger partial charge is 0.212 e. The van der Waals surface area contributed by atoms with Crippen LogP contribution in [0.5, 0.6) is 0 Å². The third-order valence-corrected chi connectivity index (χ3v) is 4.09. The number of alkyl halides is 1. The molecule has 3 nitrogen and oxygen atoms in total. The van der Waals surface area contributed by atoms with Gasteiger partial charge in [0.25, 0.3) is 0 Å². The highest BCUT2D eigenvalue weighted by molar-refractivity contribution is 9.09. The lowest BCUT2D eigenvalue weighted by atomic mass is 10.5. The summed E-state index contributed by atoms with van der Waals surface area (Å²) >= 11 is 3.26. The van der Waals surface area contributed by atoms with Gasteiger partial charge in [-0.25, -0.2) is 12.7 Å². The number of halogens is 1. The van der Waals surface area contributed by atoms with E-state index < -0.39 is 10.0 Å². The number of hydrogen-bond donors (Lipinski definition) is 0. The van der Waals surface area contributed by atoms with Crippen LogP contribution in [-0.2, 0) is 10.0 Å². The van der Waals surface area contributed by atoms with Crippen LogP contribution in [-0.4, -0.2) is 36.9 Å². The van der Waals surface area contributed by atoms with E-state index in [2.05, 4.69) is 15.9 Å². The Morgan fingerprint density at radius 3 is 2.15 bits per heavy atom. The van der Waals surface area contributed by atoms with Gasteiger partial charge in [-0.15, -0.1) is 0 Å². The maximum Gasteiger partial charge on any atom is 0.214 e. The highest BCUT2D eigenvalue weighted by Gasteiger charge is 2.18. The van der Waals surface area contributed by atoms with Crippen LogP contribution in [0.4, 0.5) is 0 Å². The van der Waals surface area contributed by atoms with Gasteiger partial charge >= 0.3 is 0 Å². The quantitative estimate of drug-likeness (QED) is 0.663. The first-order valence-corrected chi connectivity index (χ1v) is 7.35. The molecule has 0 atom stereocenters. The predicted molar refractivity (Wildman–Crippen MR) is 59.7 cm³/mol. The van der Waals surface area contributed by atoms with Crippen molar-refractivity contribution < 1.29 is 8.42 Å². The predicted octanol–water partition coefficient (Wildman–Crippen LogP) is 1.83. The van der Waals surface area contributed by atoms with Gasteiger partial charge in [0, 0.05) is 18.4 Å². The molecular weight excluding hydrogens is 254 g/mol. The first kappa shape index (κ1) is 13.4. The number of hydrogen-bond acceptors (Lipinski definition) is 2.